The number of hydrogen-bond acceptors (Lipinski definition) is 3. The molecule has 4 heteroatoms. The van der Waals surface area contributed by atoms with Gasteiger partial charge in [0.05, 0.1) is 12.2 Å². The number of rotatable bonds is 5. The van der Waals surface area contributed by atoms with Crippen LogP contribution in [0.2, 0.25) is 0 Å². The summed E-state index contributed by atoms with van der Waals surface area (Å²) >= 11 is 0. The molecule has 1 aromatic carbocycles. The zero-order valence-electron chi connectivity index (χ0n) is 12.1. The molecule has 1 aliphatic carbocycles. The van der Waals surface area contributed by atoms with Crippen LogP contribution in [0.3, 0.4) is 0 Å². The van der Waals surface area contributed by atoms with Gasteiger partial charge in [0.15, 0.2) is 0 Å². The normalized spacial score (nSPS) is 22.3. The summed E-state index contributed by atoms with van der Waals surface area (Å²) in [4.78, 5) is 12.4. The van der Waals surface area contributed by atoms with E-state index in [2.05, 4.69) is 5.32 Å². The molecule has 0 bridgehead atoms. The Balaban J connectivity index is 2.07. The van der Waals surface area contributed by atoms with Crippen molar-refractivity contribution < 1.29 is 9.53 Å². The highest BCUT2D eigenvalue weighted by Gasteiger charge is 2.26. The molecule has 110 valence electrons. The first-order valence-electron chi connectivity index (χ1n) is 7.49. The fourth-order valence-electron chi connectivity index (χ4n) is 2.86. The van der Waals surface area contributed by atoms with Crippen molar-refractivity contribution in [1.82, 2.24) is 5.32 Å². The Morgan fingerprint density at radius 1 is 1.35 bits per heavy atom. The molecule has 1 saturated carbocycles. The summed E-state index contributed by atoms with van der Waals surface area (Å²) in [5.74, 6) is 0.985. The second-order valence-corrected chi connectivity index (χ2v) is 5.29. The van der Waals surface area contributed by atoms with Crippen LogP contribution in [0.5, 0.6) is 5.75 Å². The second kappa shape index (κ2) is 7.29. The van der Waals surface area contributed by atoms with Crippen molar-refractivity contribution in [3.05, 3.63) is 29.8 Å². The number of nitrogens with two attached hydrogens (primary N) is 1. The van der Waals surface area contributed by atoms with Crippen LogP contribution in [-0.2, 0) is 0 Å². The third-order valence-corrected chi connectivity index (χ3v) is 3.96. The number of nitrogens with one attached hydrogen (secondary N) is 1. The van der Waals surface area contributed by atoms with Gasteiger partial charge in [-0.2, -0.15) is 0 Å². The Labute approximate surface area is 120 Å². The van der Waals surface area contributed by atoms with E-state index >= 15 is 0 Å². The van der Waals surface area contributed by atoms with Crippen LogP contribution >= 0.6 is 0 Å². The van der Waals surface area contributed by atoms with E-state index in [9.17, 15) is 4.79 Å². The van der Waals surface area contributed by atoms with E-state index < -0.39 is 0 Å². The Bertz CT molecular complexity index is 448. The molecule has 4 nitrogen and oxygen atoms in total. The van der Waals surface area contributed by atoms with Crippen LogP contribution in [0.4, 0.5) is 0 Å². The molecule has 1 aliphatic rings. The quantitative estimate of drug-likeness (QED) is 0.867. The van der Waals surface area contributed by atoms with Gasteiger partial charge in [0, 0.05) is 6.04 Å². The van der Waals surface area contributed by atoms with Crippen LogP contribution < -0.4 is 15.8 Å². The van der Waals surface area contributed by atoms with Crippen LogP contribution in [0.1, 0.15) is 43.0 Å². The standard InChI is InChI=1S/C16H24N2O2/c1-2-20-15-10-6-4-8-13(15)16(19)18-14-9-5-3-7-12(14)11-17/h4,6,8,10,12,14H,2-3,5,7,9,11,17H2,1H3,(H,18,19). The minimum atomic E-state index is -0.0561. The maximum atomic E-state index is 12.4. The van der Waals surface area contributed by atoms with Crippen molar-refractivity contribution in [3.8, 4) is 5.75 Å². The summed E-state index contributed by atoms with van der Waals surface area (Å²) in [7, 11) is 0. The van der Waals surface area contributed by atoms with Crippen molar-refractivity contribution in [3.63, 3.8) is 0 Å². The lowest BCUT2D eigenvalue weighted by atomic mass is 9.84. The molecular weight excluding hydrogens is 252 g/mol. The van der Waals surface area contributed by atoms with Gasteiger partial charge in [-0.25, -0.2) is 0 Å². The highest BCUT2D eigenvalue weighted by atomic mass is 16.5. The third kappa shape index (κ3) is 3.51. The zero-order valence-corrected chi connectivity index (χ0v) is 12.1. The molecular formula is C16H24N2O2. The molecule has 0 aromatic heterocycles. The molecule has 0 heterocycles. The summed E-state index contributed by atoms with van der Waals surface area (Å²) in [5.41, 5.74) is 6.42. The molecule has 2 atom stereocenters. The molecule has 0 radical (unpaired) electrons. The van der Waals surface area contributed by atoms with Crippen molar-refractivity contribution in [2.24, 2.45) is 11.7 Å². The Kier molecular flexibility index (Phi) is 5.41. The van der Waals surface area contributed by atoms with Gasteiger partial charge in [-0.3, -0.25) is 4.79 Å². The van der Waals surface area contributed by atoms with E-state index in [1.54, 1.807) is 6.07 Å². The molecule has 20 heavy (non-hydrogen) atoms. The number of carbonyl (C=O) groups is 1. The number of amides is 1. The molecule has 3 N–H and O–H groups in total. The predicted molar refractivity (Wildman–Crippen MR) is 79.9 cm³/mol. The van der Waals surface area contributed by atoms with Crippen LogP contribution in [0.15, 0.2) is 24.3 Å². The molecule has 1 fully saturated rings. The van der Waals surface area contributed by atoms with E-state index in [-0.39, 0.29) is 11.9 Å². The van der Waals surface area contributed by atoms with Crippen molar-refractivity contribution in [1.29, 1.82) is 0 Å². The lowest BCUT2D eigenvalue weighted by Crippen LogP contribution is -2.44. The fraction of sp³-hybridized carbons (Fsp3) is 0.562. The Hall–Kier alpha value is -1.55. The van der Waals surface area contributed by atoms with E-state index in [1.165, 1.54) is 6.42 Å². The second-order valence-electron chi connectivity index (χ2n) is 5.29. The smallest absolute Gasteiger partial charge is 0.255 e. The van der Waals surface area contributed by atoms with Gasteiger partial charge in [-0.15, -0.1) is 0 Å². The minimum absolute atomic E-state index is 0.0561. The molecule has 0 spiro atoms. The lowest BCUT2D eigenvalue weighted by Gasteiger charge is -2.31. The summed E-state index contributed by atoms with van der Waals surface area (Å²) in [5, 5.41) is 3.14. The monoisotopic (exact) mass is 276 g/mol. The van der Waals surface area contributed by atoms with Gasteiger partial charge in [-0.05, 0) is 44.4 Å². The zero-order chi connectivity index (χ0) is 14.4. The number of carbonyl (C=O) groups excluding carboxylic acids is 1. The average Bonchev–Trinajstić information content (AvgIpc) is 2.48. The third-order valence-electron chi connectivity index (χ3n) is 3.96. The van der Waals surface area contributed by atoms with E-state index in [0.717, 1.165) is 19.3 Å². The SMILES string of the molecule is CCOc1ccccc1C(=O)NC1CCCCC1CN. The molecule has 1 amide bonds. The molecule has 0 saturated heterocycles. The predicted octanol–water partition coefficient (Wildman–Crippen LogP) is 2.33. The lowest BCUT2D eigenvalue weighted by molar-refractivity contribution is 0.0904. The Morgan fingerprint density at radius 3 is 2.85 bits per heavy atom. The maximum absolute atomic E-state index is 12.4. The highest BCUT2D eigenvalue weighted by Crippen LogP contribution is 2.25. The number of hydrogen-bond donors (Lipinski definition) is 2. The van der Waals surface area contributed by atoms with E-state index in [0.29, 0.717) is 30.4 Å². The van der Waals surface area contributed by atoms with Crippen molar-refractivity contribution in [2.45, 2.75) is 38.6 Å². The topological polar surface area (TPSA) is 64.3 Å². The highest BCUT2D eigenvalue weighted by molar-refractivity contribution is 5.97. The molecule has 2 unspecified atom stereocenters. The van der Waals surface area contributed by atoms with Crippen LogP contribution in [0, 0.1) is 5.92 Å². The van der Waals surface area contributed by atoms with E-state index in [1.807, 2.05) is 25.1 Å². The summed E-state index contributed by atoms with van der Waals surface area (Å²) in [6, 6.07) is 7.57. The molecule has 0 aliphatic heterocycles. The van der Waals surface area contributed by atoms with E-state index in [4.69, 9.17) is 10.5 Å². The van der Waals surface area contributed by atoms with Crippen LogP contribution in [0.25, 0.3) is 0 Å². The largest absolute Gasteiger partial charge is 0.493 e. The van der Waals surface area contributed by atoms with Gasteiger partial charge < -0.3 is 15.8 Å². The van der Waals surface area contributed by atoms with Crippen molar-refractivity contribution in [2.75, 3.05) is 13.2 Å². The number of ether oxygens (including phenoxy) is 1. The summed E-state index contributed by atoms with van der Waals surface area (Å²) < 4.78 is 5.51. The van der Waals surface area contributed by atoms with Gasteiger partial charge in [0.1, 0.15) is 5.75 Å². The van der Waals surface area contributed by atoms with Gasteiger partial charge in [0.25, 0.3) is 5.91 Å². The molecule has 2 rings (SSSR count). The first-order chi connectivity index (χ1) is 9.76. The van der Waals surface area contributed by atoms with Gasteiger partial charge in [0.2, 0.25) is 0 Å². The number of para-hydroxylation sites is 1. The fourth-order valence-corrected chi connectivity index (χ4v) is 2.86. The minimum Gasteiger partial charge on any atom is -0.493 e. The van der Waals surface area contributed by atoms with Gasteiger partial charge in [-0.1, -0.05) is 25.0 Å². The summed E-state index contributed by atoms with van der Waals surface area (Å²) in [6.07, 6.45) is 4.50. The molecule has 1 aromatic rings. The summed E-state index contributed by atoms with van der Waals surface area (Å²) in [6.45, 7) is 3.11. The Morgan fingerprint density at radius 2 is 2.10 bits per heavy atom. The van der Waals surface area contributed by atoms with Crippen molar-refractivity contribution >= 4 is 5.91 Å². The first-order valence-corrected chi connectivity index (χ1v) is 7.49. The van der Waals surface area contributed by atoms with Crippen LogP contribution in [-0.4, -0.2) is 25.1 Å². The first kappa shape index (κ1) is 14.9. The number of benzene rings is 1. The van der Waals surface area contributed by atoms with Gasteiger partial charge >= 0.3 is 0 Å². The maximum Gasteiger partial charge on any atom is 0.255 e. The average molecular weight is 276 g/mol.